The maximum absolute atomic E-state index is 2.34. The molecule has 0 N–H and O–H groups in total. The zero-order valence-electron chi connectivity index (χ0n) is 16.5. The molecule has 0 saturated heterocycles. The number of benzene rings is 2. The quantitative estimate of drug-likeness (QED) is 0.277. The summed E-state index contributed by atoms with van der Waals surface area (Å²) in [5.74, 6) is 0. The van der Waals surface area contributed by atoms with Crippen molar-refractivity contribution in [2.45, 2.75) is 0 Å². The third-order valence-corrected chi connectivity index (χ3v) is 5.40. The van der Waals surface area contributed by atoms with E-state index in [1.54, 1.807) is 0 Å². The molecule has 3 aromatic heterocycles. The summed E-state index contributed by atoms with van der Waals surface area (Å²) in [7, 11) is 8.31. The van der Waals surface area contributed by atoms with E-state index >= 15 is 0 Å². The van der Waals surface area contributed by atoms with E-state index < -0.39 is 0 Å². The minimum atomic E-state index is 0. The molecule has 0 saturated carbocycles. The Labute approximate surface area is 181 Å². The van der Waals surface area contributed by atoms with Gasteiger partial charge in [-0.15, -0.1) is 0 Å². The Hall–Kier alpha value is -2.54. The SMILES string of the molecule is CN(C)c1ccc2c(ccc3c[n+]4c5ccc(N(C)C)cc5ccc4n32)c1.[I-]. The number of anilines is 2. The molecule has 3 heterocycles. The van der Waals surface area contributed by atoms with Crippen LogP contribution in [0, 0.1) is 0 Å². The highest BCUT2D eigenvalue weighted by molar-refractivity contribution is 5.88. The second-order valence-corrected chi connectivity index (χ2v) is 7.56. The molecule has 0 fully saturated rings. The summed E-state index contributed by atoms with van der Waals surface area (Å²) >= 11 is 0. The van der Waals surface area contributed by atoms with Crippen LogP contribution in [0.2, 0.25) is 0 Å². The van der Waals surface area contributed by atoms with Gasteiger partial charge in [-0.05, 0) is 54.6 Å². The molecular formula is C23H23IN4. The smallest absolute Gasteiger partial charge is 0.292 e. The first-order valence-electron chi connectivity index (χ1n) is 9.20. The predicted octanol–water partition coefficient (Wildman–Crippen LogP) is 1.12. The van der Waals surface area contributed by atoms with Gasteiger partial charge < -0.3 is 33.8 Å². The Kier molecular flexibility index (Phi) is 4.57. The lowest BCUT2D eigenvalue weighted by molar-refractivity contribution is -0.479. The van der Waals surface area contributed by atoms with Crippen LogP contribution in [0.5, 0.6) is 0 Å². The van der Waals surface area contributed by atoms with Gasteiger partial charge >= 0.3 is 0 Å². The van der Waals surface area contributed by atoms with E-state index in [4.69, 9.17) is 0 Å². The summed E-state index contributed by atoms with van der Waals surface area (Å²) in [5.41, 5.74) is 7.26. The van der Waals surface area contributed by atoms with Crippen LogP contribution in [-0.4, -0.2) is 32.6 Å². The van der Waals surface area contributed by atoms with E-state index in [1.807, 2.05) is 0 Å². The Morgan fingerprint density at radius 2 is 1.36 bits per heavy atom. The van der Waals surface area contributed by atoms with Crippen molar-refractivity contribution in [3.8, 4) is 0 Å². The molecular weight excluding hydrogens is 459 g/mol. The number of rotatable bonds is 2. The number of imidazole rings is 1. The van der Waals surface area contributed by atoms with Crippen molar-refractivity contribution < 1.29 is 28.4 Å². The third-order valence-electron chi connectivity index (χ3n) is 5.40. The number of halogens is 1. The molecule has 0 aliphatic rings. The van der Waals surface area contributed by atoms with Gasteiger partial charge in [-0.2, -0.15) is 8.80 Å². The van der Waals surface area contributed by atoms with Gasteiger partial charge in [0, 0.05) is 56.4 Å². The van der Waals surface area contributed by atoms with Crippen LogP contribution < -0.4 is 38.2 Å². The van der Waals surface area contributed by atoms with E-state index in [9.17, 15) is 0 Å². The lowest BCUT2D eigenvalue weighted by Crippen LogP contribution is -3.00. The van der Waals surface area contributed by atoms with E-state index in [2.05, 4.69) is 114 Å². The van der Waals surface area contributed by atoms with Crippen molar-refractivity contribution in [1.82, 2.24) is 4.40 Å². The van der Waals surface area contributed by atoms with Crippen molar-refractivity contribution >= 4 is 44.3 Å². The first-order valence-corrected chi connectivity index (χ1v) is 9.20. The summed E-state index contributed by atoms with van der Waals surface area (Å²) in [6.45, 7) is 0. The fraction of sp³-hybridized carbons (Fsp3) is 0.174. The molecule has 0 unspecified atom stereocenters. The summed E-state index contributed by atoms with van der Waals surface area (Å²) < 4.78 is 4.64. The van der Waals surface area contributed by atoms with Gasteiger partial charge in [-0.3, -0.25) is 0 Å². The number of nitrogens with zero attached hydrogens (tertiary/aromatic N) is 4. The minimum Gasteiger partial charge on any atom is -1.00 e. The van der Waals surface area contributed by atoms with E-state index in [0.29, 0.717) is 0 Å². The molecule has 142 valence electrons. The van der Waals surface area contributed by atoms with E-state index in [-0.39, 0.29) is 24.0 Å². The molecule has 0 bridgehead atoms. The van der Waals surface area contributed by atoms with Crippen molar-refractivity contribution in [2.24, 2.45) is 0 Å². The summed E-state index contributed by atoms with van der Waals surface area (Å²) in [6.07, 6.45) is 2.23. The number of fused-ring (bicyclic) bond motifs is 7. The van der Waals surface area contributed by atoms with E-state index in [1.165, 1.54) is 44.3 Å². The molecule has 5 aromatic rings. The van der Waals surface area contributed by atoms with Crippen molar-refractivity contribution in [1.29, 1.82) is 0 Å². The topological polar surface area (TPSA) is 15.0 Å². The monoisotopic (exact) mass is 482 g/mol. The second-order valence-electron chi connectivity index (χ2n) is 7.56. The van der Waals surface area contributed by atoms with E-state index in [0.717, 1.165) is 0 Å². The highest BCUT2D eigenvalue weighted by atomic mass is 127. The summed E-state index contributed by atoms with van der Waals surface area (Å²) in [4.78, 5) is 4.28. The van der Waals surface area contributed by atoms with Crippen LogP contribution >= 0.6 is 0 Å². The van der Waals surface area contributed by atoms with Crippen molar-refractivity contribution in [2.75, 3.05) is 38.0 Å². The average Bonchev–Trinajstić information content (AvgIpc) is 3.06. The molecule has 0 atom stereocenters. The van der Waals surface area contributed by atoms with Crippen LogP contribution in [0.25, 0.3) is 33.0 Å². The normalized spacial score (nSPS) is 11.3. The van der Waals surface area contributed by atoms with Gasteiger partial charge in [0.15, 0.2) is 5.52 Å². The molecule has 0 amide bonds. The Bertz CT molecular complexity index is 1330. The second kappa shape index (κ2) is 6.81. The Morgan fingerprint density at radius 3 is 2.07 bits per heavy atom. The number of aromatic nitrogens is 2. The molecule has 4 nitrogen and oxygen atoms in total. The van der Waals surface area contributed by atoms with Crippen LogP contribution in [-0.2, 0) is 0 Å². The van der Waals surface area contributed by atoms with Gasteiger partial charge in [0.2, 0.25) is 0 Å². The number of hydrogen-bond acceptors (Lipinski definition) is 2. The molecule has 2 aromatic carbocycles. The molecule has 0 radical (unpaired) electrons. The standard InChI is InChI=1S/C23H23N4.HI/c1-24(2)18-8-10-21-16(13-18)6-12-23-26(21)15-20-7-5-17-14-19(25(3)4)9-11-22(17)27(20)23;/h5-15H,1-4H3;1H/q+1;/p-1. The first kappa shape index (κ1) is 18.8. The first-order chi connectivity index (χ1) is 13.0. The lowest BCUT2D eigenvalue weighted by Gasteiger charge is -2.12. The molecule has 0 spiro atoms. The maximum Gasteiger partial charge on any atom is 0.292 e. The molecule has 0 aliphatic heterocycles. The Balaban J connectivity index is 0.00000192. The fourth-order valence-electron chi connectivity index (χ4n) is 3.89. The molecule has 5 rings (SSSR count). The summed E-state index contributed by atoms with van der Waals surface area (Å²) in [5, 5.41) is 2.49. The Morgan fingerprint density at radius 1 is 0.714 bits per heavy atom. The van der Waals surface area contributed by atoms with Crippen LogP contribution in [0.1, 0.15) is 0 Å². The molecule has 0 aliphatic carbocycles. The van der Waals surface area contributed by atoms with Crippen LogP contribution in [0.3, 0.4) is 0 Å². The minimum absolute atomic E-state index is 0. The fourth-order valence-corrected chi connectivity index (χ4v) is 3.89. The average molecular weight is 482 g/mol. The van der Waals surface area contributed by atoms with Gasteiger partial charge in [-0.1, -0.05) is 0 Å². The van der Waals surface area contributed by atoms with Gasteiger partial charge in [0.05, 0.1) is 0 Å². The zero-order valence-corrected chi connectivity index (χ0v) is 18.7. The highest BCUT2D eigenvalue weighted by Crippen LogP contribution is 2.25. The lowest BCUT2D eigenvalue weighted by atomic mass is 10.1. The largest absolute Gasteiger partial charge is 1.00 e. The predicted molar refractivity (Wildman–Crippen MR) is 114 cm³/mol. The van der Waals surface area contributed by atoms with Gasteiger partial charge in [-0.25, -0.2) is 0 Å². The van der Waals surface area contributed by atoms with Crippen LogP contribution in [0.4, 0.5) is 11.4 Å². The van der Waals surface area contributed by atoms with Crippen molar-refractivity contribution in [3.63, 3.8) is 0 Å². The van der Waals surface area contributed by atoms with Crippen LogP contribution in [0.15, 0.2) is 66.9 Å². The number of hydrogen-bond donors (Lipinski definition) is 0. The van der Waals surface area contributed by atoms with Gasteiger partial charge in [0.1, 0.15) is 17.2 Å². The van der Waals surface area contributed by atoms with Gasteiger partial charge in [0.25, 0.3) is 5.65 Å². The summed E-state index contributed by atoms with van der Waals surface area (Å²) in [6, 6.07) is 22.1. The highest BCUT2D eigenvalue weighted by Gasteiger charge is 2.17. The molecule has 5 heteroatoms. The van der Waals surface area contributed by atoms with Crippen molar-refractivity contribution in [3.05, 3.63) is 66.9 Å². The third kappa shape index (κ3) is 2.76. The number of pyridine rings is 2. The maximum atomic E-state index is 2.34. The zero-order chi connectivity index (χ0) is 18.7. The molecule has 28 heavy (non-hydrogen) atoms.